The summed E-state index contributed by atoms with van der Waals surface area (Å²) in [6.45, 7) is 3.76. The van der Waals surface area contributed by atoms with Crippen molar-refractivity contribution in [2.24, 2.45) is 0 Å². The van der Waals surface area contributed by atoms with Gasteiger partial charge in [-0.2, -0.15) is 0 Å². The van der Waals surface area contributed by atoms with E-state index in [1.807, 2.05) is 74.5 Å². The van der Waals surface area contributed by atoms with E-state index in [1.165, 1.54) is 0 Å². The highest BCUT2D eigenvalue weighted by Gasteiger charge is 2.26. The van der Waals surface area contributed by atoms with E-state index in [0.717, 1.165) is 16.7 Å². The number of hydrogen-bond acceptors (Lipinski definition) is 4. The Labute approximate surface area is 182 Å². The minimum absolute atomic E-state index is 0.0602. The van der Waals surface area contributed by atoms with Crippen LogP contribution in [0.3, 0.4) is 0 Å². The molecule has 7 heteroatoms. The van der Waals surface area contributed by atoms with Gasteiger partial charge in [-0.05, 0) is 31.4 Å². The normalized spacial score (nSPS) is 12.2. The Morgan fingerprint density at radius 2 is 1.48 bits per heavy atom. The highest BCUT2D eigenvalue weighted by molar-refractivity contribution is 5.89. The molecular weight excluding hydrogens is 396 g/mol. The Kier molecular flexibility index (Phi) is 9.29. The van der Waals surface area contributed by atoms with Crippen LogP contribution in [0.25, 0.3) is 0 Å². The molecule has 0 aliphatic carbocycles. The standard InChI is InChI=1S/C24H28N2O5/c1-17(2)13-14-20(23(28)29)25-22(27)21(15-18-9-5-3-6-10-18)26-24(30)31-16-19-11-7-4-8-12-19/h3-13,20-21H,14-16H2,1-2H3,(H,25,27)(H,26,30)(H,28,29)/t20-,21+/m0/s1. The average Bonchev–Trinajstić information content (AvgIpc) is 2.75. The molecule has 0 fully saturated rings. The van der Waals surface area contributed by atoms with Gasteiger partial charge in [0.1, 0.15) is 18.7 Å². The number of allylic oxidation sites excluding steroid dienone is 1. The average molecular weight is 424 g/mol. The fourth-order valence-electron chi connectivity index (χ4n) is 2.81. The third-order valence-electron chi connectivity index (χ3n) is 4.48. The monoisotopic (exact) mass is 424 g/mol. The maximum absolute atomic E-state index is 12.9. The second-order valence-corrected chi connectivity index (χ2v) is 7.36. The number of carbonyl (C=O) groups is 3. The van der Waals surface area contributed by atoms with Gasteiger partial charge in [-0.3, -0.25) is 4.79 Å². The largest absolute Gasteiger partial charge is 0.480 e. The molecular formula is C24H28N2O5. The number of alkyl carbamates (subject to hydrolysis) is 1. The van der Waals surface area contributed by atoms with Crippen LogP contribution in [0.2, 0.25) is 0 Å². The summed E-state index contributed by atoms with van der Waals surface area (Å²) < 4.78 is 5.22. The Hall–Kier alpha value is -3.61. The molecule has 0 saturated heterocycles. The van der Waals surface area contributed by atoms with Gasteiger partial charge < -0.3 is 20.5 Å². The summed E-state index contributed by atoms with van der Waals surface area (Å²) in [5.41, 5.74) is 2.58. The summed E-state index contributed by atoms with van der Waals surface area (Å²) in [5, 5.41) is 14.5. The number of rotatable bonds is 10. The van der Waals surface area contributed by atoms with Crippen molar-refractivity contribution >= 4 is 18.0 Å². The minimum atomic E-state index is -1.14. The summed E-state index contributed by atoms with van der Waals surface area (Å²) in [7, 11) is 0. The molecule has 0 heterocycles. The first-order chi connectivity index (χ1) is 14.8. The molecule has 0 aliphatic heterocycles. The lowest BCUT2D eigenvalue weighted by molar-refractivity contribution is -0.142. The highest BCUT2D eigenvalue weighted by Crippen LogP contribution is 2.07. The first-order valence-corrected chi connectivity index (χ1v) is 10.0. The van der Waals surface area contributed by atoms with Crippen LogP contribution < -0.4 is 10.6 Å². The van der Waals surface area contributed by atoms with Gasteiger partial charge in [-0.1, -0.05) is 72.3 Å². The molecule has 164 valence electrons. The van der Waals surface area contributed by atoms with Gasteiger partial charge >= 0.3 is 12.1 Å². The van der Waals surface area contributed by atoms with Gasteiger partial charge in [-0.15, -0.1) is 0 Å². The summed E-state index contributed by atoms with van der Waals surface area (Å²) in [6.07, 6.45) is 1.34. The van der Waals surface area contributed by atoms with Crippen molar-refractivity contribution in [3.8, 4) is 0 Å². The Morgan fingerprint density at radius 1 is 0.903 bits per heavy atom. The van der Waals surface area contributed by atoms with Crippen molar-refractivity contribution in [1.82, 2.24) is 10.6 Å². The van der Waals surface area contributed by atoms with Crippen molar-refractivity contribution in [3.05, 3.63) is 83.4 Å². The van der Waals surface area contributed by atoms with E-state index in [2.05, 4.69) is 10.6 Å². The van der Waals surface area contributed by atoms with Gasteiger partial charge in [0.05, 0.1) is 0 Å². The molecule has 2 aromatic rings. The number of carbonyl (C=O) groups excluding carboxylic acids is 2. The molecule has 7 nitrogen and oxygen atoms in total. The lowest BCUT2D eigenvalue weighted by atomic mass is 10.0. The van der Waals surface area contributed by atoms with Crippen LogP contribution in [0.15, 0.2) is 72.3 Å². The molecule has 0 bridgehead atoms. The second kappa shape index (κ2) is 12.2. The number of amides is 2. The maximum Gasteiger partial charge on any atom is 0.408 e. The lowest BCUT2D eigenvalue weighted by Crippen LogP contribution is -2.52. The van der Waals surface area contributed by atoms with E-state index in [4.69, 9.17) is 4.74 Å². The third kappa shape index (κ3) is 8.74. The maximum atomic E-state index is 12.9. The van der Waals surface area contributed by atoms with E-state index in [1.54, 1.807) is 6.08 Å². The molecule has 31 heavy (non-hydrogen) atoms. The fraction of sp³-hybridized carbons (Fsp3) is 0.292. The number of ether oxygens (including phenoxy) is 1. The molecule has 0 aliphatic rings. The first-order valence-electron chi connectivity index (χ1n) is 10.0. The van der Waals surface area contributed by atoms with Gasteiger partial charge in [-0.25, -0.2) is 9.59 Å². The van der Waals surface area contributed by atoms with Crippen LogP contribution in [0.4, 0.5) is 4.79 Å². The molecule has 2 atom stereocenters. The van der Waals surface area contributed by atoms with Crippen molar-refractivity contribution in [2.75, 3.05) is 0 Å². The Balaban J connectivity index is 2.07. The third-order valence-corrected chi connectivity index (χ3v) is 4.48. The molecule has 0 unspecified atom stereocenters. The van der Waals surface area contributed by atoms with E-state index in [9.17, 15) is 19.5 Å². The van der Waals surface area contributed by atoms with E-state index < -0.39 is 30.1 Å². The lowest BCUT2D eigenvalue weighted by Gasteiger charge is -2.21. The molecule has 0 aromatic heterocycles. The number of nitrogens with one attached hydrogen (secondary N) is 2. The first kappa shape index (κ1) is 23.7. The molecule has 3 N–H and O–H groups in total. The van der Waals surface area contributed by atoms with E-state index in [-0.39, 0.29) is 19.4 Å². The van der Waals surface area contributed by atoms with Crippen LogP contribution in [-0.2, 0) is 27.4 Å². The molecule has 0 saturated carbocycles. The van der Waals surface area contributed by atoms with Crippen LogP contribution in [0, 0.1) is 0 Å². The molecule has 0 radical (unpaired) electrons. The van der Waals surface area contributed by atoms with Crippen LogP contribution in [0.5, 0.6) is 0 Å². The number of carboxylic acid groups (broad SMARTS) is 1. The molecule has 2 amide bonds. The van der Waals surface area contributed by atoms with Crippen molar-refractivity contribution in [1.29, 1.82) is 0 Å². The number of aliphatic carboxylic acids is 1. The Bertz CT molecular complexity index is 893. The zero-order valence-corrected chi connectivity index (χ0v) is 17.7. The minimum Gasteiger partial charge on any atom is -0.480 e. The van der Waals surface area contributed by atoms with Crippen LogP contribution >= 0.6 is 0 Å². The summed E-state index contributed by atoms with van der Waals surface area (Å²) in [5.74, 6) is -1.73. The highest BCUT2D eigenvalue weighted by atomic mass is 16.5. The second-order valence-electron chi connectivity index (χ2n) is 7.36. The summed E-state index contributed by atoms with van der Waals surface area (Å²) in [6, 6.07) is 16.2. The molecule has 2 aromatic carbocycles. The zero-order chi connectivity index (χ0) is 22.6. The van der Waals surface area contributed by atoms with Gasteiger partial charge in [0.25, 0.3) is 0 Å². The van der Waals surface area contributed by atoms with Crippen molar-refractivity contribution in [2.45, 2.75) is 45.4 Å². The number of carboxylic acids is 1. The number of hydrogen-bond donors (Lipinski definition) is 3. The SMILES string of the molecule is CC(C)=CC[C@H](NC(=O)[C@@H](Cc1ccccc1)NC(=O)OCc1ccccc1)C(=O)O. The topological polar surface area (TPSA) is 105 Å². The van der Waals surface area contributed by atoms with Crippen molar-refractivity contribution in [3.63, 3.8) is 0 Å². The van der Waals surface area contributed by atoms with E-state index >= 15 is 0 Å². The predicted molar refractivity (Wildman–Crippen MR) is 117 cm³/mol. The van der Waals surface area contributed by atoms with Crippen LogP contribution in [-0.4, -0.2) is 35.2 Å². The Morgan fingerprint density at radius 3 is 2.03 bits per heavy atom. The van der Waals surface area contributed by atoms with Crippen LogP contribution in [0.1, 0.15) is 31.4 Å². The van der Waals surface area contributed by atoms with Gasteiger partial charge in [0.15, 0.2) is 0 Å². The predicted octanol–water partition coefficient (Wildman–Crippen LogP) is 3.45. The molecule has 2 rings (SSSR count). The van der Waals surface area contributed by atoms with Gasteiger partial charge in [0, 0.05) is 6.42 Å². The zero-order valence-electron chi connectivity index (χ0n) is 17.7. The van der Waals surface area contributed by atoms with Gasteiger partial charge in [0.2, 0.25) is 5.91 Å². The summed E-state index contributed by atoms with van der Waals surface area (Å²) in [4.78, 5) is 36.7. The van der Waals surface area contributed by atoms with E-state index in [0.29, 0.717) is 0 Å². The smallest absolute Gasteiger partial charge is 0.408 e. The number of benzene rings is 2. The fourth-order valence-corrected chi connectivity index (χ4v) is 2.81. The summed E-state index contributed by atoms with van der Waals surface area (Å²) >= 11 is 0. The quantitative estimate of drug-likeness (QED) is 0.507. The van der Waals surface area contributed by atoms with Crippen molar-refractivity contribution < 1.29 is 24.2 Å². The molecule has 0 spiro atoms.